The number of aryl methyl sites for hydroxylation is 1. The third kappa shape index (κ3) is 5.10. The van der Waals surface area contributed by atoms with E-state index in [1.54, 1.807) is 0 Å². The maximum atomic E-state index is 13.1. The Bertz CT molecular complexity index is 1550. The SMILES string of the molecule is C.Cc1[nH]c(/C=C2\C(=O)Nc3ccc(-c4cnn(-c5ccccc5)c4)cc32)c(C)c1C(=O)CC[C@@H]1CCCN1. The van der Waals surface area contributed by atoms with Gasteiger partial charge in [-0.05, 0) is 81.1 Å². The third-order valence-electron chi connectivity index (χ3n) is 7.67. The lowest BCUT2D eigenvalue weighted by Gasteiger charge is -2.09. The highest BCUT2D eigenvalue weighted by Crippen LogP contribution is 2.37. The van der Waals surface area contributed by atoms with Gasteiger partial charge in [0.15, 0.2) is 5.78 Å². The van der Waals surface area contributed by atoms with Crippen LogP contribution in [0.25, 0.3) is 28.5 Å². The molecule has 2 aromatic heterocycles. The number of anilines is 1. The minimum atomic E-state index is -0.149. The van der Waals surface area contributed by atoms with E-state index < -0.39 is 0 Å². The number of amides is 1. The number of fused-ring (bicyclic) bond motifs is 1. The number of nitrogens with zero attached hydrogens (tertiary/aromatic N) is 2. The zero-order valence-electron chi connectivity index (χ0n) is 21.7. The number of benzene rings is 2. The van der Waals surface area contributed by atoms with Gasteiger partial charge in [-0.25, -0.2) is 4.68 Å². The van der Waals surface area contributed by atoms with Crippen LogP contribution in [0.2, 0.25) is 0 Å². The van der Waals surface area contributed by atoms with E-state index in [0.29, 0.717) is 18.0 Å². The summed E-state index contributed by atoms with van der Waals surface area (Å²) < 4.78 is 1.84. The molecule has 2 aromatic carbocycles. The molecule has 4 heterocycles. The molecule has 0 saturated carbocycles. The number of aromatic nitrogens is 3. The van der Waals surface area contributed by atoms with Gasteiger partial charge in [0.05, 0.1) is 17.5 Å². The Hall–Kier alpha value is -4.23. The Balaban J connectivity index is 0.00000308. The van der Waals surface area contributed by atoms with Crippen molar-refractivity contribution in [2.75, 3.05) is 11.9 Å². The topological polar surface area (TPSA) is 91.8 Å². The van der Waals surface area contributed by atoms with Gasteiger partial charge >= 0.3 is 0 Å². The molecule has 2 aliphatic heterocycles. The average molecular weight is 522 g/mol. The van der Waals surface area contributed by atoms with Gasteiger partial charge in [-0.1, -0.05) is 31.7 Å². The quantitative estimate of drug-likeness (QED) is 0.196. The lowest BCUT2D eigenvalue weighted by atomic mass is 9.97. The molecule has 1 fully saturated rings. The lowest BCUT2D eigenvalue weighted by Crippen LogP contribution is -2.22. The standard InChI is InChI=1S/C31H31N5O2.CH4/c1-19-28(34-20(2)30(19)29(37)13-11-23-7-6-14-32-23)16-26-25-15-21(10-12-27(25)35-31(26)38)22-17-33-36(18-22)24-8-4-3-5-9-24;/h3-5,8-10,12,15-18,23,32,34H,6-7,11,13-14H2,1-2H3,(H,35,38);1H4/b26-16-;/t23-;/m0./s1. The zero-order valence-corrected chi connectivity index (χ0v) is 21.7. The fourth-order valence-electron chi connectivity index (χ4n) is 5.62. The summed E-state index contributed by atoms with van der Waals surface area (Å²) in [5.74, 6) is 0.00700. The van der Waals surface area contributed by atoms with Crippen LogP contribution < -0.4 is 10.6 Å². The highest BCUT2D eigenvalue weighted by molar-refractivity contribution is 6.35. The van der Waals surface area contributed by atoms with Crippen molar-refractivity contribution in [1.82, 2.24) is 20.1 Å². The predicted molar refractivity (Wildman–Crippen MR) is 157 cm³/mol. The fraction of sp³-hybridized carbons (Fsp3) is 0.281. The van der Waals surface area contributed by atoms with Crippen LogP contribution in [-0.4, -0.2) is 39.0 Å². The van der Waals surface area contributed by atoms with Crippen molar-refractivity contribution >= 4 is 29.0 Å². The number of carbonyl (C=O) groups is 2. The summed E-state index contributed by atoms with van der Waals surface area (Å²) in [6.45, 7) is 4.93. The number of Topliss-reactive ketones (excluding diaryl/α,β-unsaturated/α-hetero) is 1. The Morgan fingerprint density at radius 2 is 1.95 bits per heavy atom. The van der Waals surface area contributed by atoms with Crippen LogP contribution >= 0.6 is 0 Å². The average Bonchev–Trinajstić information content (AvgIpc) is 3.72. The Morgan fingerprint density at radius 3 is 2.72 bits per heavy atom. The number of rotatable bonds is 7. The monoisotopic (exact) mass is 521 g/mol. The van der Waals surface area contributed by atoms with Gasteiger partial charge in [0.1, 0.15) is 0 Å². The molecule has 200 valence electrons. The number of hydrogen-bond donors (Lipinski definition) is 3. The van der Waals surface area contributed by atoms with Gasteiger partial charge in [-0.3, -0.25) is 9.59 Å². The molecular formula is C32H35N5O2. The van der Waals surface area contributed by atoms with E-state index in [0.717, 1.165) is 70.0 Å². The Kier molecular flexibility index (Phi) is 7.35. The molecule has 3 N–H and O–H groups in total. The molecule has 4 aromatic rings. The predicted octanol–water partition coefficient (Wildman–Crippen LogP) is 6.33. The van der Waals surface area contributed by atoms with E-state index >= 15 is 0 Å². The summed E-state index contributed by atoms with van der Waals surface area (Å²) in [5, 5.41) is 11.0. The Labute approximate surface area is 229 Å². The number of H-pyrrole nitrogens is 1. The first-order valence-electron chi connectivity index (χ1n) is 13.2. The highest BCUT2D eigenvalue weighted by atomic mass is 16.2. The summed E-state index contributed by atoms with van der Waals surface area (Å²) in [7, 11) is 0. The van der Waals surface area contributed by atoms with Crippen LogP contribution in [0.4, 0.5) is 5.69 Å². The molecule has 1 saturated heterocycles. The maximum Gasteiger partial charge on any atom is 0.256 e. The van der Waals surface area contributed by atoms with Gasteiger partial charge in [0.2, 0.25) is 0 Å². The van der Waals surface area contributed by atoms with E-state index in [1.165, 1.54) is 6.42 Å². The van der Waals surface area contributed by atoms with E-state index in [2.05, 4.69) is 20.7 Å². The van der Waals surface area contributed by atoms with E-state index in [4.69, 9.17) is 0 Å². The van der Waals surface area contributed by atoms with Gasteiger partial charge in [-0.2, -0.15) is 5.10 Å². The molecule has 2 aliphatic rings. The second kappa shape index (κ2) is 10.9. The lowest BCUT2D eigenvalue weighted by molar-refractivity contribution is -0.110. The van der Waals surface area contributed by atoms with Gasteiger partial charge in [0.25, 0.3) is 5.91 Å². The summed E-state index contributed by atoms with van der Waals surface area (Å²) in [5.41, 5.74) is 8.40. The maximum absolute atomic E-state index is 13.1. The molecule has 1 atom stereocenters. The molecule has 0 aliphatic carbocycles. The van der Waals surface area contributed by atoms with Crippen molar-refractivity contribution in [3.63, 3.8) is 0 Å². The van der Waals surface area contributed by atoms with Crippen LogP contribution in [0, 0.1) is 13.8 Å². The van der Waals surface area contributed by atoms with Crippen LogP contribution in [0.5, 0.6) is 0 Å². The number of para-hydroxylation sites is 1. The molecule has 1 amide bonds. The number of ketones is 1. The van der Waals surface area contributed by atoms with Crippen molar-refractivity contribution in [3.8, 4) is 16.8 Å². The minimum absolute atomic E-state index is 0. The van der Waals surface area contributed by atoms with Crippen molar-refractivity contribution in [2.24, 2.45) is 0 Å². The normalized spacial score (nSPS) is 17.2. The number of hydrogen-bond acceptors (Lipinski definition) is 4. The molecule has 39 heavy (non-hydrogen) atoms. The fourth-order valence-corrected chi connectivity index (χ4v) is 5.62. The molecule has 7 heteroatoms. The van der Waals surface area contributed by atoms with E-state index in [-0.39, 0.29) is 19.1 Å². The molecular weight excluding hydrogens is 486 g/mol. The summed E-state index contributed by atoms with van der Waals surface area (Å²) >= 11 is 0. The Morgan fingerprint density at radius 1 is 1.13 bits per heavy atom. The van der Waals surface area contributed by atoms with Crippen molar-refractivity contribution in [3.05, 3.63) is 89.0 Å². The number of carbonyl (C=O) groups excluding carboxylic acids is 2. The van der Waals surface area contributed by atoms with Crippen LogP contribution in [0.15, 0.2) is 60.9 Å². The van der Waals surface area contributed by atoms with Crippen LogP contribution in [0.1, 0.15) is 66.0 Å². The van der Waals surface area contributed by atoms with E-state index in [1.807, 2.05) is 85.5 Å². The minimum Gasteiger partial charge on any atom is -0.358 e. The van der Waals surface area contributed by atoms with Crippen LogP contribution in [0.3, 0.4) is 0 Å². The number of nitrogens with one attached hydrogen (secondary N) is 3. The molecule has 0 unspecified atom stereocenters. The smallest absolute Gasteiger partial charge is 0.256 e. The highest BCUT2D eigenvalue weighted by Gasteiger charge is 2.26. The van der Waals surface area contributed by atoms with Crippen molar-refractivity contribution in [1.29, 1.82) is 0 Å². The molecule has 0 radical (unpaired) electrons. The van der Waals surface area contributed by atoms with Gasteiger partial charge in [0, 0.05) is 52.4 Å². The van der Waals surface area contributed by atoms with E-state index in [9.17, 15) is 9.59 Å². The zero-order chi connectivity index (χ0) is 26.2. The molecule has 0 spiro atoms. The van der Waals surface area contributed by atoms with Crippen LogP contribution in [-0.2, 0) is 4.79 Å². The largest absolute Gasteiger partial charge is 0.358 e. The van der Waals surface area contributed by atoms with Crippen molar-refractivity contribution < 1.29 is 9.59 Å². The molecule has 6 rings (SSSR count). The summed E-state index contributed by atoms with van der Waals surface area (Å²) in [6.07, 6.45) is 9.39. The second-order valence-corrected chi connectivity index (χ2v) is 10.2. The van der Waals surface area contributed by atoms with Gasteiger partial charge in [-0.15, -0.1) is 0 Å². The summed E-state index contributed by atoms with van der Waals surface area (Å²) in [4.78, 5) is 29.4. The van der Waals surface area contributed by atoms with Gasteiger partial charge < -0.3 is 15.6 Å². The molecule has 7 nitrogen and oxygen atoms in total. The third-order valence-corrected chi connectivity index (χ3v) is 7.67. The first-order chi connectivity index (χ1) is 18.5. The number of aromatic amines is 1. The first-order valence-corrected chi connectivity index (χ1v) is 13.2. The second-order valence-electron chi connectivity index (χ2n) is 10.2. The molecule has 0 bridgehead atoms. The van der Waals surface area contributed by atoms with Crippen molar-refractivity contribution in [2.45, 2.75) is 53.0 Å². The summed E-state index contributed by atoms with van der Waals surface area (Å²) in [6, 6.07) is 16.4. The first kappa shape index (κ1) is 26.4.